The summed E-state index contributed by atoms with van der Waals surface area (Å²) in [5.41, 5.74) is 0.405. The number of thiophene rings is 1. The molecule has 16 heavy (non-hydrogen) atoms. The highest BCUT2D eigenvalue weighted by Gasteiger charge is 2.12. The summed E-state index contributed by atoms with van der Waals surface area (Å²) in [7, 11) is 0. The van der Waals surface area contributed by atoms with Crippen LogP contribution in [0.5, 0.6) is 0 Å². The molecule has 1 amide bonds. The third kappa shape index (κ3) is 2.12. The highest BCUT2D eigenvalue weighted by molar-refractivity contribution is 7.12. The molecule has 0 aromatic carbocycles. The first-order valence-corrected chi connectivity index (χ1v) is 5.47. The predicted molar refractivity (Wildman–Crippen MR) is 58.9 cm³/mol. The second kappa shape index (κ2) is 4.64. The van der Waals surface area contributed by atoms with Crippen molar-refractivity contribution in [3.63, 3.8) is 0 Å². The average molecular weight is 232 g/mol. The molecule has 0 spiro atoms. The van der Waals surface area contributed by atoms with Crippen LogP contribution in [0, 0.1) is 11.3 Å². The fourth-order valence-electron chi connectivity index (χ4n) is 1.23. The number of hydrogen-bond acceptors (Lipinski definition) is 4. The first kappa shape index (κ1) is 10.5. The van der Waals surface area contributed by atoms with Gasteiger partial charge in [0, 0.05) is 0 Å². The molecular weight excluding hydrogens is 224 g/mol. The summed E-state index contributed by atoms with van der Waals surface area (Å²) in [5.74, 6) is 0.436. The lowest BCUT2D eigenvalue weighted by atomic mass is 10.2. The summed E-state index contributed by atoms with van der Waals surface area (Å²) in [6.07, 6.45) is 1.55. The Labute approximate surface area is 96.1 Å². The van der Waals surface area contributed by atoms with E-state index in [0.717, 1.165) is 0 Å². The van der Waals surface area contributed by atoms with Gasteiger partial charge < -0.3 is 9.73 Å². The minimum absolute atomic E-state index is 0.247. The monoisotopic (exact) mass is 232 g/mol. The summed E-state index contributed by atoms with van der Waals surface area (Å²) in [4.78, 5) is 12.1. The lowest BCUT2D eigenvalue weighted by Crippen LogP contribution is -2.22. The molecule has 4 nitrogen and oxygen atoms in total. The Morgan fingerprint density at radius 3 is 3.12 bits per heavy atom. The van der Waals surface area contributed by atoms with Crippen molar-refractivity contribution < 1.29 is 9.21 Å². The smallest absolute Gasteiger partial charge is 0.263 e. The van der Waals surface area contributed by atoms with Crippen LogP contribution in [0.1, 0.15) is 21.0 Å². The van der Waals surface area contributed by atoms with Gasteiger partial charge in [-0.3, -0.25) is 4.79 Å². The Hall–Kier alpha value is -2.06. The SMILES string of the molecule is N#Cc1ccsc1C(=O)NCc1ccco1. The van der Waals surface area contributed by atoms with E-state index in [1.165, 1.54) is 11.3 Å². The maximum Gasteiger partial charge on any atom is 0.263 e. The molecule has 0 atom stereocenters. The lowest BCUT2D eigenvalue weighted by Gasteiger charge is -2.00. The zero-order valence-electron chi connectivity index (χ0n) is 8.27. The number of nitrogens with one attached hydrogen (secondary N) is 1. The summed E-state index contributed by atoms with van der Waals surface area (Å²) in [5, 5.41) is 13.2. The van der Waals surface area contributed by atoms with E-state index in [9.17, 15) is 4.79 Å². The molecule has 5 heteroatoms. The molecule has 2 rings (SSSR count). The van der Waals surface area contributed by atoms with Gasteiger partial charge in [0.05, 0.1) is 18.4 Å². The molecule has 80 valence electrons. The molecule has 1 N–H and O–H groups in total. The van der Waals surface area contributed by atoms with E-state index in [0.29, 0.717) is 22.7 Å². The van der Waals surface area contributed by atoms with Crippen LogP contribution in [0.3, 0.4) is 0 Å². The van der Waals surface area contributed by atoms with Gasteiger partial charge in [0.25, 0.3) is 5.91 Å². The van der Waals surface area contributed by atoms with E-state index in [2.05, 4.69) is 5.32 Å². The predicted octanol–water partition coefficient (Wildman–Crippen LogP) is 2.14. The molecule has 0 unspecified atom stereocenters. The maximum atomic E-state index is 11.7. The van der Waals surface area contributed by atoms with Crippen molar-refractivity contribution in [1.82, 2.24) is 5.32 Å². The standard InChI is InChI=1S/C11H8N2O2S/c12-6-8-3-5-16-10(8)11(14)13-7-9-2-1-4-15-9/h1-5H,7H2,(H,13,14). The highest BCUT2D eigenvalue weighted by Crippen LogP contribution is 2.15. The number of rotatable bonds is 3. The first-order valence-electron chi connectivity index (χ1n) is 4.59. The van der Waals surface area contributed by atoms with Crippen LogP contribution in [0.4, 0.5) is 0 Å². The summed E-state index contributed by atoms with van der Waals surface area (Å²) in [6.45, 7) is 0.328. The molecule has 0 saturated carbocycles. The van der Waals surface area contributed by atoms with Crippen LogP contribution in [0.25, 0.3) is 0 Å². The van der Waals surface area contributed by atoms with Crippen molar-refractivity contribution in [3.8, 4) is 6.07 Å². The van der Waals surface area contributed by atoms with Crippen LogP contribution < -0.4 is 5.32 Å². The molecule has 0 aliphatic heterocycles. The minimum Gasteiger partial charge on any atom is -0.467 e. The Morgan fingerprint density at radius 1 is 1.56 bits per heavy atom. The third-order valence-corrected chi connectivity index (χ3v) is 2.91. The Balaban J connectivity index is 2.02. The highest BCUT2D eigenvalue weighted by atomic mass is 32.1. The molecule has 0 fully saturated rings. The molecule has 0 aliphatic carbocycles. The molecule has 2 aromatic rings. The van der Waals surface area contributed by atoms with Crippen molar-refractivity contribution in [2.45, 2.75) is 6.54 Å². The van der Waals surface area contributed by atoms with Gasteiger partial charge in [0.1, 0.15) is 16.7 Å². The fraction of sp³-hybridized carbons (Fsp3) is 0.0909. The zero-order valence-corrected chi connectivity index (χ0v) is 9.08. The molecule has 2 aromatic heterocycles. The number of nitriles is 1. The van der Waals surface area contributed by atoms with E-state index in [1.54, 1.807) is 29.8 Å². The van der Waals surface area contributed by atoms with Crippen molar-refractivity contribution in [3.05, 3.63) is 46.0 Å². The number of amides is 1. The lowest BCUT2D eigenvalue weighted by molar-refractivity contribution is 0.0952. The van der Waals surface area contributed by atoms with Crippen molar-refractivity contribution in [2.24, 2.45) is 0 Å². The van der Waals surface area contributed by atoms with E-state index in [4.69, 9.17) is 9.68 Å². The second-order valence-corrected chi connectivity index (χ2v) is 3.95. The second-order valence-electron chi connectivity index (χ2n) is 3.04. The van der Waals surface area contributed by atoms with Gasteiger partial charge in [-0.2, -0.15) is 5.26 Å². The van der Waals surface area contributed by atoms with Crippen LogP contribution in [0.15, 0.2) is 34.3 Å². The molecule has 2 heterocycles. The quantitative estimate of drug-likeness (QED) is 0.881. The van der Waals surface area contributed by atoms with E-state index >= 15 is 0 Å². The summed E-state index contributed by atoms with van der Waals surface area (Å²) >= 11 is 1.25. The van der Waals surface area contributed by atoms with E-state index in [-0.39, 0.29) is 5.91 Å². The third-order valence-electron chi connectivity index (χ3n) is 2.00. The van der Waals surface area contributed by atoms with E-state index in [1.807, 2.05) is 6.07 Å². The van der Waals surface area contributed by atoms with Gasteiger partial charge >= 0.3 is 0 Å². The van der Waals surface area contributed by atoms with Crippen molar-refractivity contribution >= 4 is 17.2 Å². The number of hydrogen-bond donors (Lipinski definition) is 1. The molecular formula is C11H8N2O2S. The van der Waals surface area contributed by atoms with E-state index < -0.39 is 0 Å². The first-order chi connectivity index (χ1) is 7.81. The van der Waals surface area contributed by atoms with Crippen LogP contribution in [0.2, 0.25) is 0 Å². The van der Waals surface area contributed by atoms with Gasteiger partial charge in [-0.25, -0.2) is 0 Å². The molecule has 0 bridgehead atoms. The number of carbonyl (C=O) groups is 1. The van der Waals surface area contributed by atoms with Gasteiger partial charge in [0.2, 0.25) is 0 Å². The average Bonchev–Trinajstić information content (AvgIpc) is 2.96. The van der Waals surface area contributed by atoms with Crippen LogP contribution >= 0.6 is 11.3 Å². The van der Waals surface area contributed by atoms with Crippen molar-refractivity contribution in [1.29, 1.82) is 5.26 Å². The van der Waals surface area contributed by atoms with Crippen molar-refractivity contribution in [2.75, 3.05) is 0 Å². The largest absolute Gasteiger partial charge is 0.467 e. The normalized spacial score (nSPS) is 9.69. The maximum absolute atomic E-state index is 11.7. The Morgan fingerprint density at radius 2 is 2.44 bits per heavy atom. The van der Waals surface area contributed by atoms with Gasteiger partial charge in [-0.05, 0) is 23.6 Å². The minimum atomic E-state index is -0.247. The molecule has 0 radical (unpaired) electrons. The Kier molecular flexibility index (Phi) is 3.03. The topological polar surface area (TPSA) is 66.0 Å². The Bertz CT molecular complexity index is 522. The summed E-state index contributed by atoms with van der Waals surface area (Å²) < 4.78 is 5.08. The summed E-state index contributed by atoms with van der Waals surface area (Å²) in [6, 6.07) is 7.14. The van der Waals surface area contributed by atoms with Crippen LogP contribution in [-0.4, -0.2) is 5.91 Å². The fourth-order valence-corrected chi connectivity index (χ4v) is 1.99. The van der Waals surface area contributed by atoms with Gasteiger partial charge in [0.15, 0.2) is 0 Å². The molecule has 0 aliphatic rings. The number of nitrogens with zero attached hydrogens (tertiary/aromatic N) is 1. The zero-order chi connectivity index (χ0) is 11.4. The number of furan rings is 1. The molecule has 0 saturated heterocycles. The van der Waals surface area contributed by atoms with Crippen LogP contribution in [-0.2, 0) is 6.54 Å². The number of carbonyl (C=O) groups excluding carboxylic acids is 1. The van der Waals surface area contributed by atoms with Gasteiger partial charge in [-0.1, -0.05) is 0 Å². The van der Waals surface area contributed by atoms with Gasteiger partial charge in [-0.15, -0.1) is 11.3 Å².